The highest BCUT2D eigenvalue weighted by Crippen LogP contribution is 2.11. The average molecular weight is 358 g/mol. The van der Waals surface area contributed by atoms with Crippen LogP contribution in [0.4, 0.5) is 5.69 Å². The third-order valence-electron chi connectivity index (χ3n) is 3.67. The fourth-order valence-electron chi connectivity index (χ4n) is 2.15. The van der Waals surface area contributed by atoms with Gasteiger partial charge in [0.2, 0.25) is 0 Å². The number of nitrogens with one attached hydrogen (secondary N) is 2. The van der Waals surface area contributed by atoms with Crippen LogP contribution >= 0.6 is 0 Å². The van der Waals surface area contributed by atoms with Gasteiger partial charge >= 0.3 is 5.97 Å². The Bertz CT molecular complexity index is 738. The SMILES string of the molecule is CCc1ccc(NC(=O)[C@H](C)OC(=O)CCNC(=O)c2ccco2)cc1. The first kappa shape index (κ1) is 19.2. The van der Waals surface area contributed by atoms with E-state index >= 15 is 0 Å². The number of furan rings is 1. The number of benzene rings is 1. The molecule has 7 heteroatoms. The van der Waals surface area contributed by atoms with Crippen molar-refractivity contribution in [2.75, 3.05) is 11.9 Å². The third kappa shape index (κ3) is 5.77. The van der Waals surface area contributed by atoms with E-state index in [4.69, 9.17) is 9.15 Å². The van der Waals surface area contributed by atoms with Gasteiger partial charge in [0.15, 0.2) is 11.9 Å². The Morgan fingerprint density at radius 2 is 1.88 bits per heavy atom. The van der Waals surface area contributed by atoms with Crippen LogP contribution in [-0.2, 0) is 20.7 Å². The lowest BCUT2D eigenvalue weighted by Gasteiger charge is -2.14. The molecule has 0 saturated heterocycles. The van der Waals surface area contributed by atoms with Crippen molar-refractivity contribution in [3.05, 3.63) is 54.0 Å². The number of rotatable bonds is 8. The molecule has 0 unspecified atom stereocenters. The molecule has 0 saturated carbocycles. The monoisotopic (exact) mass is 358 g/mol. The Hall–Kier alpha value is -3.09. The minimum Gasteiger partial charge on any atom is -0.459 e. The molecule has 1 aromatic carbocycles. The second-order valence-corrected chi connectivity index (χ2v) is 5.66. The molecule has 1 aromatic heterocycles. The molecule has 2 aromatic rings. The predicted molar refractivity (Wildman–Crippen MR) is 95.7 cm³/mol. The average Bonchev–Trinajstić information content (AvgIpc) is 3.17. The Balaban J connectivity index is 1.71. The van der Waals surface area contributed by atoms with Gasteiger partial charge in [-0.2, -0.15) is 0 Å². The number of aryl methyl sites for hydroxylation is 1. The van der Waals surface area contributed by atoms with E-state index in [9.17, 15) is 14.4 Å². The zero-order valence-corrected chi connectivity index (χ0v) is 14.8. The molecular formula is C19H22N2O5. The van der Waals surface area contributed by atoms with Gasteiger partial charge in [0, 0.05) is 12.2 Å². The summed E-state index contributed by atoms with van der Waals surface area (Å²) in [6.07, 6.45) is 1.32. The fraction of sp³-hybridized carbons (Fsp3) is 0.316. The molecule has 0 fully saturated rings. The van der Waals surface area contributed by atoms with Crippen molar-refractivity contribution in [3.63, 3.8) is 0 Å². The maximum atomic E-state index is 12.1. The molecule has 1 heterocycles. The molecule has 1 atom stereocenters. The first-order valence-corrected chi connectivity index (χ1v) is 8.40. The van der Waals surface area contributed by atoms with Crippen LogP contribution in [0.5, 0.6) is 0 Å². The van der Waals surface area contributed by atoms with Gasteiger partial charge in [-0.15, -0.1) is 0 Å². The molecule has 26 heavy (non-hydrogen) atoms. The summed E-state index contributed by atoms with van der Waals surface area (Å²) in [7, 11) is 0. The first-order valence-electron chi connectivity index (χ1n) is 8.40. The van der Waals surface area contributed by atoms with E-state index in [1.165, 1.54) is 24.8 Å². The summed E-state index contributed by atoms with van der Waals surface area (Å²) in [6.45, 7) is 3.63. The van der Waals surface area contributed by atoms with E-state index in [-0.39, 0.29) is 18.7 Å². The molecule has 0 aliphatic rings. The van der Waals surface area contributed by atoms with Crippen LogP contribution in [0.3, 0.4) is 0 Å². The predicted octanol–water partition coefficient (Wildman–Crippen LogP) is 2.53. The summed E-state index contributed by atoms with van der Waals surface area (Å²) in [5.74, 6) is -1.24. The van der Waals surface area contributed by atoms with Crippen molar-refractivity contribution in [1.29, 1.82) is 0 Å². The van der Waals surface area contributed by atoms with Gasteiger partial charge < -0.3 is 19.8 Å². The second kappa shape index (κ2) is 9.41. The number of esters is 1. The van der Waals surface area contributed by atoms with E-state index in [1.54, 1.807) is 18.2 Å². The number of carbonyl (C=O) groups excluding carboxylic acids is 3. The van der Waals surface area contributed by atoms with Crippen LogP contribution < -0.4 is 10.6 Å². The number of ether oxygens (including phenoxy) is 1. The zero-order valence-electron chi connectivity index (χ0n) is 14.8. The highest BCUT2D eigenvalue weighted by molar-refractivity contribution is 5.95. The van der Waals surface area contributed by atoms with E-state index in [0.717, 1.165) is 6.42 Å². The van der Waals surface area contributed by atoms with E-state index in [1.807, 2.05) is 19.1 Å². The summed E-state index contributed by atoms with van der Waals surface area (Å²) in [5, 5.41) is 5.23. The minimum absolute atomic E-state index is 0.0464. The van der Waals surface area contributed by atoms with Crippen LogP contribution in [-0.4, -0.2) is 30.4 Å². The molecule has 2 rings (SSSR count). The topological polar surface area (TPSA) is 97.6 Å². The highest BCUT2D eigenvalue weighted by atomic mass is 16.5. The van der Waals surface area contributed by atoms with Crippen LogP contribution in [0.25, 0.3) is 0 Å². The summed E-state index contributed by atoms with van der Waals surface area (Å²) < 4.78 is 10.0. The van der Waals surface area contributed by atoms with Gasteiger partial charge in [-0.05, 0) is 43.2 Å². The van der Waals surface area contributed by atoms with Crippen molar-refractivity contribution in [2.45, 2.75) is 32.8 Å². The molecule has 138 valence electrons. The summed E-state index contributed by atoms with van der Waals surface area (Å²) in [6, 6.07) is 10.6. The molecule has 2 N–H and O–H groups in total. The number of hydrogen-bond donors (Lipinski definition) is 2. The van der Waals surface area contributed by atoms with Gasteiger partial charge in [0.25, 0.3) is 11.8 Å². The molecule has 7 nitrogen and oxygen atoms in total. The molecule has 0 radical (unpaired) electrons. The summed E-state index contributed by atoms with van der Waals surface area (Å²) >= 11 is 0. The fourth-order valence-corrected chi connectivity index (χ4v) is 2.15. The van der Waals surface area contributed by atoms with Gasteiger partial charge in [0.05, 0.1) is 12.7 Å². The Kier molecular flexibility index (Phi) is 6.96. The molecule has 0 aliphatic carbocycles. The van der Waals surface area contributed by atoms with E-state index < -0.39 is 23.9 Å². The number of anilines is 1. The van der Waals surface area contributed by atoms with Crippen molar-refractivity contribution in [3.8, 4) is 0 Å². The maximum absolute atomic E-state index is 12.1. The lowest BCUT2D eigenvalue weighted by molar-refractivity contribution is -0.153. The van der Waals surface area contributed by atoms with Crippen LogP contribution in [0.15, 0.2) is 47.1 Å². The van der Waals surface area contributed by atoms with Gasteiger partial charge in [0.1, 0.15) is 0 Å². The van der Waals surface area contributed by atoms with Gasteiger partial charge in [-0.25, -0.2) is 0 Å². The number of carbonyl (C=O) groups is 3. The Morgan fingerprint density at radius 1 is 1.15 bits per heavy atom. The smallest absolute Gasteiger partial charge is 0.308 e. The number of amides is 2. The van der Waals surface area contributed by atoms with Crippen molar-refractivity contribution in [2.24, 2.45) is 0 Å². The molecule has 2 amide bonds. The third-order valence-corrected chi connectivity index (χ3v) is 3.67. The second-order valence-electron chi connectivity index (χ2n) is 5.66. The van der Waals surface area contributed by atoms with Crippen LogP contribution in [0.1, 0.15) is 36.4 Å². The lowest BCUT2D eigenvalue weighted by atomic mass is 10.1. The maximum Gasteiger partial charge on any atom is 0.308 e. The normalized spacial score (nSPS) is 11.5. The zero-order chi connectivity index (χ0) is 18.9. The van der Waals surface area contributed by atoms with Crippen molar-refractivity contribution < 1.29 is 23.5 Å². The van der Waals surface area contributed by atoms with E-state index in [2.05, 4.69) is 10.6 Å². The van der Waals surface area contributed by atoms with Gasteiger partial charge in [-0.1, -0.05) is 19.1 Å². The summed E-state index contributed by atoms with van der Waals surface area (Å²) in [4.78, 5) is 35.5. The lowest BCUT2D eigenvalue weighted by Crippen LogP contribution is -2.32. The number of hydrogen-bond acceptors (Lipinski definition) is 5. The Labute approximate surface area is 151 Å². The summed E-state index contributed by atoms with van der Waals surface area (Å²) in [5.41, 5.74) is 1.81. The largest absolute Gasteiger partial charge is 0.459 e. The van der Waals surface area contributed by atoms with Crippen molar-refractivity contribution in [1.82, 2.24) is 5.32 Å². The van der Waals surface area contributed by atoms with E-state index in [0.29, 0.717) is 5.69 Å². The van der Waals surface area contributed by atoms with Crippen LogP contribution in [0, 0.1) is 0 Å². The molecular weight excluding hydrogens is 336 g/mol. The van der Waals surface area contributed by atoms with Crippen LogP contribution in [0.2, 0.25) is 0 Å². The minimum atomic E-state index is -0.936. The van der Waals surface area contributed by atoms with Crippen molar-refractivity contribution >= 4 is 23.5 Å². The molecule has 0 aliphatic heterocycles. The molecule has 0 bridgehead atoms. The molecule has 0 spiro atoms. The quantitative estimate of drug-likeness (QED) is 0.707. The standard InChI is InChI=1S/C19H22N2O5/c1-3-14-6-8-15(9-7-14)21-18(23)13(2)26-17(22)10-11-20-19(24)16-5-4-12-25-16/h4-9,12-13H,3,10-11H2,1-2H3,(H,20,24)(H,21,23)/t13-/m0/s1. The Morgan fingerprint density at radius 3 is 2.50 bits per heavy atom. The first-order chi connectivity index (χ1) is 12.5. The highest BCUT2D eigenvalue weighted by Gasteiger charge is 2.18. The van der Waals surface area contributed by atoms with Gasteiger partial charge in [-0.3, -0.25) is 14.4 Å².